The van der Waals surface area contributed by atoms with Crippen LogP contribution in [0, 0.1) is 0 Å². The van der Waals surface area contributed by atoms with Gasteiger partial charge in [0.1, 0.15) is 23.8 Å². The average Bonchev–Trinajstić information content (AvgIpc) is 2.58. The minimum atomic E-state index is -1.78. The zero-order valence-corrected chi connectivity index (χ0v) is 15.6. The molecule has 1 aromatic heterocycles. The summed E-state index contributed by atoms with van der Waals surface area (Å²) < 4.78 is 12.0. The number of aromatic nitrogens is 1. The molecule has 5 unspecified atom stereocenters. The van der Waals surface area contributed by atoms with E-state index in [1.54, 1.807) is 24.4 Å². The Morgan fingerprint density at radius 3 is 2.56 bits per heavy atom. The number of nitrogens with zero attached hydrogens (tertiary/aromatic N) is 1. The first kappa shape index (κ1) is 18.5. The highest BCUT2D eigenvalue weighted by Crippen LogP contribution is 2.38. The summed E-state index contributed by atoms with van der Waals surface area (Å²) in [5.41, 5.74) is 0.437. The van der Waals surface area contributed by atoms with Crippen LogP contribution in [0.5, 0.6) is 5.75 Å². The van der Waals surface area contributed by atoms with E-state index in [0.717, 1.165) is 9.86 Å². The molecule has 1 aromatic carbocycles. The lowest BCUT2D eigenvalue weighted by molar-refractivity contribution is -0.271. The van der Waals surface area contributed by atoms with Crippen LogP contribution < -0.4 is 4.74 Å². The summed E-state index contributed by atoms with van der Waals surface area (Å²) in [5.74, 6) is -1.28. The molecule has 0 radical (unpaired) electrons. The average molecular weight is 479 g/mol. The van der Waals surface area contributed by atoms with Gasteiger partial charge in [-0.05, 0) is 28.1 Å². The van der Waals surface area contributed by atoms with Crippen LogP contribution in [-0.2, 0) is 9.53 Å². The molecule has 1 fully saturated rings. The quantitative estimate of drug-likeness (QED) is 0.514. The van der Waals surface area contributed by atoms with E-state index >= 15 is 0 Å². The molecule has 1 aliphatic rings. The van der Waals surface area contributed by atoms with Gasteiger partial charge >= 0.3 is 5.97 Å². The SMILES string of the molecule is O=C(O)C1OC(Oc2c(Br)cc(Br)c3cccnc23)C(O)C(O)C1O. The van der Waals surface area contributed by atoms with Crippen molar-refractivity contribution in [2.45, 2.75) is 30.7 Å². The molecular formula is C15H13Br2NO7. The number of ether oxygens (including phenoxy) is 2. The molecular weight excluding hydrogens is 466 g/mol. The lowest BCUT2D eigenvalue weighted by Gasteiger charge is -2.38. The summed E-state index contributed by atoms with van der Waals surface area (Å²) in [6, 6.07) is 5.23. The molecule has 134 valence electrons. The number of hydrogen-bond donors (Lipinski definition) is 4. The number of carbonyl (C=O) groups is 1. The van der Waals surface area contributed by atoms with E-state index in [-0.39, 0.29) is 5.75 Å². The number of aliphatic hydroxyl groups excluding tert-OH is 3. The van der Waals surface area contributed by atoms with Crippen molar-refractivity contribution in [1.29, 1.82) is 0 Å². The summed E-state index contributed by atoms with van der Waals surface area (Å²) in [6.45, 7) is 0. The summed E-state index contributed by atoms with van der Waals surface area (Å²) >= 11 is 6.73. The number of aliphatic carboxylic acids is 1. The van der Waals surface area contributed by atoms with Gasteiger partial charge in [-0.2, -0.15) is 0 Å². The predicted molar refractivity (Wildman–Crippen MR) is 92.1 cm³/mol. The smallest absolute Gasteiger partial charge is 0.335 e. The third-order valence-electron chi connectivity index (χ3n) is 3.80. The van der Waals surface area contributed by atoms with Gasteiger partial charge in [-0.1, -0.05) is 22.0 Å². The van der Waals surface area contributed by atoms with Crippen molar-refractivity contribution in [2.75, 3.05) is 0 Å². The van der Waals surface area contributed by atoms with Crippen molar-refractivity contribution in [2.24, 2.45) is 0 Å². The Hall–Kier alpha value is -1.30. The Morgan fingerprint density at radius 2 is 1.88 bits per heavy atom. The molecule has 4 N–H and O–H groups in total. The van der Waals surface area contributed by atoms with Crippen LogP contribution in [0.1, 0.15) is 0 Å². The number of halogens is 2. The molecule has 25 heavy (non-hydrogen) atoms. The molecule has 0 amide bonds. The maximum atomic E-state index is 11.2. The van der Waals surface area contributed by atoms with Crippen molar-refractivity contribution in [3.05, 3.63) is 33.3 Å². The van der Waals surface area contributed by atoms with Gasteiger partial charge in [0.2, 0.25) is 6.29 Å². The number of benzene rings is 1. The van der Waals surface area contributed by atoms with E-state index < -0.39 is 36.7 Å². The van der Waals surface area contributed by atoms with Gasteiger partial charge in [-0.3, -0.25) is 4.98 Å². The topological polar surface area (TPSA) is 129 Å². The molecule has 1 saturated heterocycles. The molecule has 2 heterocycles. The third kappa shape index (κ3) is 3.37. The fourth-order valence-corrected chi connectivity index (χ4v) is 3.89. The standard InChI is InChI=1S/C15H13Br2NO7/c16-6-4-7(17)12(8-5(6)2-1-3-18-8)24-15-11(21)9(19)10(20)13(25-15)14(22)23/h1-4,9-11,13,15,19-21H,(H,22,23). The lowest BCUT2D eigenvalue weighted by Crippen LogP contribution is -2.61. The summed E-state index contributed by atoms with van der Waals surface area (Å²) in [5, 5.41) is 39.5. The molecule has 8 nitrogen and oxygen atoms in total. The second-order valence-corrected chi connectivity index (χ2v) is 7.13. The highest BCUT2D eigenvalue weighted by molar-refractivity contribution is 9.11. The first-order valence-electron chi connectivity index (χ1n) is 7.13. The number of hydrogen-bond acceptors (Lipinski definition) is 7. The third-order valence-corrected chi connectivity index (χ3v) is 5.04. The van der Waals surface area contributed by atoms with E-state index in [0.29, 0.717) is 9.99 Å². The van der Waals surface area contributed by atoms with Crippen LogP contribution in [0.2, 0.25) is 0 Å². The largest absolute Gasteiger partial charge is 0.479 e. The van der Waals surface area contributed by atoms with Crippen LogP contribution in [0.25, 0.3) is 10.9 Å². The molecule has 1 aliphatic heterocycles. The predicted octanol–water partition coefficient (Wildman–Crippen LogP) is 1.03. The Kier molecular flexibility index (Phi) is 5.28. The molecule has 0 aliphatic carbocycles. The molecule has 10 heteroatoms. The van der Waals surface area contributed by atoms with Crippen LogP contribution in [0.15, 0.2) is 33.3 Å². The van der Waals surface area contributed by atoms with Gasteiger partial charge in [0.05, 0.1) is 4.47 Å². The van der Waals surface area contributed by atoms with Crippen molar-refractivity contribution >= 4 is 48.7 Å². The lowest BCUT2D eigenvalue weighted by atomic mass is 9.99. The highest BCUT2D eigenvalue weighted by atomic mass is 79.9. The maximum Gasteiger partial charge on any atom is 0.335 e. The number of pyridine rings is 1. The summed E-state index contributed by atoms with van der Waals surface area (Å²) in [7, 11) is 0. The van der Waals surface area contributed by atoms with Crippen LogP contribution in [0.3, 0.4) is 0 Å². The summed E-state index contributed by atoms with van der Waals surface area (Å²) in [4.78, 5) is 15.4. The van der Waals surface area contributed by atoms with E-state index in [4.69, 9.17) is 14.6 Å². The van der Waals surface area contributed by atoms with Crippen molar-refractivity contribution in [1.82, 2.24) is 4.98 Å². The number of carboxylic acid groups (broad SMARTS) is 1. The molecule has 3 rings (SSSR count). The fraction of sp³-hybridized carbons (Fsp3) is 0.333. The Bertz CT molecular complexity index is 818. The van der Waals surface area contributed by atoms with Crippen molar-refractivity contribution in [3.8, 4) is 5.75 Å². The van der Waals surface area contributed by atoms with Gasteiger partial charge in [-0.25, -0.2) is 4.79 Å². The minimum Gasteiger partial charge on any atom is -0.479 e. The fourth-order valence-electron chi connectivity index (χ4n) is 2.52. The monoisotopic (exact) mass is 477 g/mol. The first-order chi connectivity index (χ1) is 11.8. The molecule has 0 bridgehead atoms. The summed E-state index contributed by atoms with van der Waals surface area (Å²) in [6.07, 6.45) is -6.88. The van der Waals surface area contributed by atoms with Crippen LogP contribution in [-0.4, -0.2) is 62.1 Å². The van der Waals surface area contributed by atoms with E-state index in [9.17, 15) is 20.1 Å². The second-order valence-electron chi connectivity index (χ2n) is 5.42. The van der Waals surface area contributed by atoms with Gasteiger partial charge in [0.15, 0.2) is 11.9 Å². The van der Waals surface area contributed by atoms with Crippen molar-refractivity contribution in [3.63, 3.8) is 0 Å². The number of fused-ring (bicyclic) bond motifs is 1. The van der Waals surface area contributed by atoms with E-state index in [1.807, 2.05) is 0 Å². The Labute approximate surface area is 158 Å². The van der Waals surface area contributed by atoms with Crippen LogP contribution >= 0.6 is 31.9 Å². The Balaban J connectivity index is 1.99. The molecule has 5 atom stereocenters. The second kappa shape index (κ2) is 7.14. The van der Waals surface area contributed by atoms with Crippen molar-refractivity contribution < 1.29 is 34.7 Å². The van der Waals surface area contributed by atoms with Gasteiger partial charge in [0.25, 0.3) is 0 Å². The zero-order valence-electron chi connectivity index (χ0n) is 12.4. The number of carboxylic acids is 1. The molecule has 2 aromatic rings. The maximum absolute atomic E-state index is 11.2. The van der Waals surface area contributed by atoms with E-state index in [2.05, 4.69) is 36.8 Å². The number of aliphatic hydroxyl groups is 3. The first-order valence-corrected chi connectivity index (χ1v) is 8.71. The van der Waals surface area contributed by atoms with Crippen LogP contribution in [0.4, 0.5) is 0 Å². The highest BCUT2D eigenvalue weighted by Gasteiger charge is 2.48. The normalized spacial score (nSPS) is 29.6. The molecule has 0 spiro atoms. The molecule has 0 saturated carbocycles. The van der Waals surface area contributed by atoms with Gasteiger partial charge in [-0.15, -0.1) is 0 Å². The Morgan fingerprint density at radius 1 is 1.16 bits per heavy atom. The van der Waals surface area contributed by atoms with Gasteiger partial charge < -0.3 is 29.9 Å². The zero-order chi connectivity index (χ0) is 18.3. The van der Waals surface area contributed by atoms with E-state index in [1.165, 1.54) is 0 Å². The van der Waals surface area contributed by atoms with Gasteiger partial charge in [0, 0.05) is 16.1 Å². The number of rotatable bonds is 3. The minimum absolute atomic E-state index is 0.204.